The Morgan fingerprint density at radius 1 is 0.966 bits per heavy atom. The van der Waals surface area contributed by atoms with Gasteiger partial charge in [0.1, 0.15) is 18.3 Å². The molecule has 0 saturated carbocycles. The Morgan fingerprint density at radius 2 is 1.59 bits per heavy atom. The van der Waals surface area contributed by atoms with Crippen LogP contribution >= 0.6 is 0 Å². The summed E-state index contributed by atoms with van der Waals surface area (Å²) >= 11 is 0. The summed E-state index contributed by atoms with van der Waals surface area (Å²) in [5.74, 6) is 0.0596. The van der Waals surface area contributed by atoms with E-state index in [0.29, 0.717) is 12.3 Å². The Hall–Kier alpha value is -2.86. The lowest BCUT2D eigenvalue weighted by molar-refractivity contribution is -0.872. The van der Waals surface area contributed by atoms with Crippen LogP contribution in [0.2, 0.25) is 0 Å². The monoisotopic (exact) mass is 398 g/mol. The maximum atomic E-state index is 12.7. The van der Waals surface area contributed by atoms with Crippen LogP contribution in [0.5, 0.6) is 5.75 Å². The van der Waals surface area contributed by atoms with E-state index in [1.54, 1.807) is 12.1 Å². The highest BCUT2D eigenvalue weighted by Crippen LogP contribution is 2.10. The van der Waals surface area contributed by atoms with Crippen molar-refractivity contribution in [3.8, 4) is 5.75 Å². The van der Waals surface area contributed by atoms with Crippen LogP contribution in [-0.2, 0) is 22.7 Å². The fourth-order valence-corrected chi connectivity index (χ4v) is 2.99. The van der Waals surface area contributed by atoms with Gasteiger partial charge in [0, 0.05) is 12.1 Å². The van der Waals surface area contributed by atoms with Gasteiger partial charge in [-0.05, 0) is 23.6 Å². The van der Waals surface area contributed by atoms with E-state index in [-0.39, 0.29) is 24.3 Å². The van der Waals surface area contributed by atoms with Gasteiger partial charge in [-0.2, -0.15) is 0 Å². The zero-order chi connectivity index (χ0) is 21.2. The molecule has 2 rings (SSSR count). The molecule has 0 fully saturated rings. The molecule has 0 radical (unpaired) electrons. The SMILES string of the molecule is CC(C)[C@H](NC(=O)COc1ccccc1)C(=O)NCc1ccccc1C[NH+](C)C. The van der Waals surface area contributed by atoms with Crippen molar-refractivity contribution in [1.82, 2.24) is 10.6 Å². The van der Waals surface area contributed by atoms with Gasteiger partial charge < -0.3 is 20.3 Å². The van der Waals surface area contributed by atoms with Crippen LogP contribution in [0.3, 0.4) is 0 Å². The lowest BCUT2D eigenvalue weighted by Crippen LogP contribution is -3.04. The van der Waals surface area contributed by atoms with Crippen LogP contribution in [0.15, 0.2) is 54.6 Å². The Bertz CT molecular complexity index is 791. The second kappa shape index (κ2) is 11.2. The number of nitrogens with one attached hydrogen (secondary N) is 3. The number of ether oxygens (including phenoxy) is 1. The van der Waals surface area contributed by atoms with E-state index in [9.17, 15) is 9.59 Å². The van der Waals surface area contributed by atoms with Crippen molar-refractivity contribution in [3.05, 3.63) is 65.7 Å². The van der Waals surface area contributed by atoms with Gasteiger partial charge in [0.05, 0.1) is 14.1 Å². The third-order valence-corrected chi connectivity index (χ3v) is 4.49. The minimum absolute atomic E-state index is 0.0443. The fourth-order valence-electron chi connectivity index (χ4n) is 2.99. The average Bonchev–Trinajstić information content (AvgIpc) is 2.69. The summed E-state index contributed by atoms with van der Waals surface area (Å²) in [4.78, 5) is 26.3. The van der Waals surface area contributed by atoms with Crippen LogP contribution < -0.4 is 20.3 Å². The first-order chi connectivity index (χ1) is 13.9. The highest BCUT2D eigenvalue weighted by atomic mass is 16.5. The molecule has 2 amide bonds. The molecule has 2 aromatic carbocycles. The van der Waals surface area contributed by atoms with Crippen molar-refractivity contribution < 1.29 is 19.2 Å². The normalized spacial score (nSPS) is 11.9. The number of hydrogen-bond acceptors (Lipinski definition) is 3. The third-order valence-electron chi connectivity index (χ3n) is 4.49. The summed E-state index contributed by atoms with van der Waals surface area (Å²) in [6.45, 7) is 5.00. The van der Waals surface area contributed by atoms with Gasteiger partial charge in [-0.15, -0.1) is 0 Å². The first-order valence-corrected chi connectivity index (χ1v) is 9.97. The van der Waals surface area contributed by atoms with Crippen molar-refractivity contribution in [2.24, 2.45) is 5.92 Å². The topological polar surface area (TPSA) is 71.9 Å². The predicted octanol–water partition coefficient (Wildman–Crippen LogP) is 1.17. The van der Waals surface area contributed by atoms with E-state index in [0.717, 1.165) is 12.1 Å². The molecule has 0 unspecified atom stereocenters. The lowest BCUT2D eigenvalue weighted by Gasteiger charge is -2.22. The second-order valence-corrected chi connectivity index (χ2v) is 7.76. The number of para-hydroxylation sites is 1. The summed E-state index contributed by atoms with van der Waals surface area (Å²) in [5.41, 5.74) is 2.29. The van der Waals surface area contributed by atoms with Crippen LogP contribution in [0.1, 0.15) is 25.0 Å². The van der Waals surface area contributed by atoms with Gasteiger partial charge in [0.25, 0.3) is 5.91 Å². The van der Waals surface area contributed by atoms with E-state index in [2.05, 4.69) is 30.8 Å². The van der Waals surface area contributed by atoms with Crippen LogP contribution in [0, 0.1) is 5.92 Å². The average molecular weight is 399 g/mol. The van der Waals surface area contributed by atoms with Gasteiger partial charge in [-0.25, -0.2) is 0 Å². The molecule has 2 aromatic rings. The zero-order valence-electron chi connectivity index (χ0n) is 17.7. The summed E-state index contributed by atoms with van der Waals surface area (Å²) in [7, 11) is 4.19. The molecule has 6 heteroatoms. The van der Waals surface area contributed by atoms with E-state index >= 15 is 0 Å². The molecular formula is C23H32N3O3+. The maximum Gasteiger partial charge on any atom is 0.258 e. The lowest BCUT2D eigenvalue weighted by atomic mass is 10.0. The van der Waals surface area contributed by atoms with Crippen molar-refractivity contribution in [3.63, 3.8) is 0 Å². The molecule has 0 aliphatic heterocycles. The number of quaternary nitrogens is 1. The third kappa shape index (κ3) is 7.58. The summed E-state index contributed by atoms with van der Waals surface area (Å²) in [6, 6.07) is 16.6. The number of carbonyl (C=O) groups is 2. The predicted molar refractivity (Wildman–Crippen MR) is 114 cm³/mol. The molecule has 1 atom stereocenters. The van der Waals surface area contributed by atoms with Gasteiger partial charge >= 0.3 is 0 Å². The summed E-state index contributed by atoms with van der Waals surface area (Å²) in [6.07, 6.45) is 0. The number of benzene rings is 2. The Balaban J connectivity index is 1.91. The van der Waals surface area contributed by atoms with E-state index in [1.165, 1.54) is 10.5 Å². The number of amides is 2. The zero-order valence-corrected chi connectivity index (χ0v) is 17.7. The summed E-state index contributed by atoms with van der Waals surface area (Å²) in [5, 5.41) is 5.76. The quantitative estimate of drug-likeness (QED) is 0.563. The molecule has 0 aliphatic rings. The second-order valence-electron chi connectivity index (χ2n) is 7.76. The number of hydrogen-bond donors (Lipinski definition) is 3. The molecule has 156 valence electrons. The first kappa shape index (κ1) is 22.4. The van der Waals surface area contributed by atoms with Gasteiger partial charge in [0.15, 0.2) is 6.61 Å². The molecule has 29 heavy (non-hydrogen) atoms. The summed E-state index contributed by atoms with van der Waals surface area (Å²) < 4.78 is 5.46. The van der Waals surface area contributed by atoms with Gasteiger partial charge in [-0.1, -0.05) is 56.3 Å². The molecule has 6 nitrogen and oxygen atoms in total. The minimum Gasteiger partial charge on any atom is -0.484 e. The smallest absolute Gasteiger partial charge is 0.258 e. The van der Waals surface area contributed by atoms with E-state index in [4.69, 9.17) is 4.74 Å². The Kier molecular flexibility index (Phi) is 8.68. The van der Waals surface area contributed by atoms with E-state index < -0.39 is 6.04 Å². The minimum atomic E-state index is -0.617. The van der Waals surface area contributed by atoms with Crippen molar-refractivity contribution >= 4 is 11.8 Å². The molecule has 3 N–H and O–H groups in total. The van der Waals surface area contributed by atoms with Crippen molar-refractivity contribution in [2.45, 2.75) is 33.0 Å². The highest BCUT2D eigenvalue weighted by molar-refractivity contribution is 5.88. The Labute approximate surface area is 173 Å². The molecular weight excluding hydrogens is 366 g/mol. The molecule has 0 saturated heterocycles. The highest BCUT2D eigenvalue weighted by Gasteiger charge is 2.24. The van der Waals surface area contributed by atoms with Gasteiger partial charge in [-0.3, -0.25) is 9.59 Å². The Morgan fingerprint density at radius 3 is 2.21 bits per heavy atom. The van der Waals surface area contributed by atoms with Crippen molar-refractivity contribution in [2.75, 3.05) is 20.7 Å². The van der Waals surface area contributed by atoms with Crippen molar-refractivity contribution in [1.29, 1.82) is 0 Å². The maximum absolute atomic E-state index is 12.7. The van der Waals surface area contributed by atoms with Crippen LogP contribution in [-0.4, -0.2) is 38.6 Å². The molecule has 0 aromatic heterocycles. The molecule has 0 aliphatic carbocycles. The molecule has 0 spiro atoms. The van der Waals surface area contributed by atoms with Gasteiger partial charge in [0.2, 0.25) is 5.91 Å². The van der Waals surface area contributed by atoms with Crippen LogP contribution in [0.4, 0.5) is 0 Å². The number of rotatable bonds is 10. The number of carbonyl (C=O) groups excluding carboxylic acids is 2. The fraction of sp³-hybridized carbons (Fsp3) is 0.391. The standard InChI is InChI=1S/C23H31N3O3/c1-17(2)22(25-21(27)16-29-20-12-6-5-7-13-20)23(28)24-14-18-10-8-9-11-19(18)15-26(3)4/h5-13,17,22H,14-16H2,1-4H3,(H,24,28)(H,25,27)/p+1/t22-/m0/s1. The largest absolute Gasteiger partial charge is 0.484 e. The van der Waals surface area contributed by atoms with E-state index in [1.807, 2.05) is 50.2 Å². The molecule has 0 bridgehead atoms. The molecule has 0 heterocycles. The van der Waals surface area contributed by atoms with Crippen LogP contribution in [0.25, 0.3) is 0 Å². The first-order valence-electron chi connectivity index (χ1n) is 9.97.